The number of nitrogens with zero attached hydrogens (tertiary/aromatic N) is 1. The Hall–Kier alpha value is -1.34. The van der Waals surface area contributed by atoms with Crippen LogP contribution >= 0.6 is 0 Å². The van der Waals surface area contributed by atoms with E-state index in [0.717, 1.165) is 0 Å². The van der Waals surface area contributed by atoms with Gasteiger partial charge in [0.05, 0.1) is 19.3 Å². The zero-order valence-electron chi connectivity index (χ0n) is 15.0. The van der Waals surface area contributed by atoms with Gasteiger partial charge in [0.1, 0.15) is 17.9 Å². The van der Waals surface area contributed by atoms with E-state index >= 15 is 0 Å². The molecule has 7 heteroatoms. The maximum atomic E-state index is 12.4. The first-order valence-corrected chi connectivity index (χ1v) is 7.96. The van der Waals surface area contributed by atoms with Crippen LogP contribution in [0.15, 0.2) is 0 Å². The average molecular weight is 331 g/mol. The first-order chi connectivity index (χ1) is 10.6. The predicted octanol–water partition coefficient (Wildman–Crippen LogP) is 2.33. The minimum absolute atomic E-state index is 0.0861. The highest BCUT2D eigenvalue weighted by molar-refractivity contribution is 5.70. The topological polar surface area (TPSA) is 74.3 Å². The molecule has 1 fully saturated rings. The second kappa shape index (κ2) is 7.97. The van der Waals surface area contributed by atoms with Gasteiger partial charge in [0, 0.05) is 6.61 Å². The summed E-state index contributed by atoms with van der Waals surface area (Å²) < 4.78 is 21.2. The second-order valence-electron chi connectivity index (χ2n) is 6.91. The maximum absolute atomic E-state index is 12.4. The summed E-state index contributed by atoms with van der Waals surface area (Å²) in [7, 11) is 0. The molecule has 134 valence electrons. The van der Waals surface area contributed by atoms with Gasteiger partial charge < -0.3 is 18.9 Å². The van der Waals surface area contributed by atoms with Crippen LogP contribution in [0.1, 0.15) is 48.0 Å². The summed E-state index contributed by atoms with van der Waals surface area (Å²) in [6, 6.07) is -0.151. The van der Waals surface area contributed by atoms with E-state index in [0.29, 0.717) is 26.2 Å². The molecule has 23 heavy (non-hydrogen) atoms. The minimum Gasteiger partial charge on any atom is -0.464 e. The Morgan fingerprint density at radius 3 is 2.52 bits per heavy atom. The van der Waals surface area contributed by atoms with Gasteiger partial charge in [0.25, 0.3) is 0 Å². The third kappa shape index (κ3) is 6.35. The van der Waals surface area contributed by atoms with Crippen molar-refractivity contribution in [2.75, 3.05) is 26.4 Å². The summed E-state index contributed by atoms with van der Waals surface area (Å²) in [5.41, 5.74) is -1.30. The van der Waals surface area contributed by atoms with E-state index in [1.54, 1.807) is 11.8 Å². The van der Waals surface area contributed by atoms with Crippen molar-refractivity contribution in [1.82, 2.24) is 4.90 Å². The smallest absolute Gasteiger partial charge is 0.412 e. The van der Waals surface area contributed by atoms with E-state index in [2.05, 4.69) is 0 Å². The van der Waals surface area contributed by atoms with Crippen molar-refractivity contribution < 1.29 is 28.5 Å². The monoisotopic (exact) mass is 331 g/mol. The number of hydrogen-bond acceptors (Lipinski definition) is 6. The van der Waals surface area contributed by atoms with Gasteiger partial charge in [-0.3, -0.25) is 4.90 Å². The number of hydrogen-bond donors (Lipinski definition) is 0. The molecule has 0 unspecified atom stereocenters. The Labute approximate surface area is 138 Å². The quantitative estimate of drug-likeness (QED) is 0.549. The molecule has 0 spiro atoms. The molecule has 1 saturated heterocycles. The molecule has 1 heterocycles. The average Bonchev–Trinajstić information content (AvgIpc) is 2.68. The first-order valence-electron chi connectivity index (χ1n) is 7.96. The van der Waals surface area contributed by atoms with Gasteiger partial charge >= 0.3 is 12.1 Å². The van der Waals surface area contributed by atoms with Crippen molar-refractivity contribution >= 4 is 12.1 Å². The van der Waals surface area contributed by atoms with Crippen molar-refractivity contribution in [3.63, 3.8) is 0 Å². The minimum atomic E-state index is -0.728. The molecule has 0 radical (unpaired) electrons. The first kappa shape index (κ1) is 19.7. The fraction of sp³-hybridized carbons (Fsp3) is 0.875. The van der Waals surface area contributed by atoms with Crippen LogP contribution in [0, 0.1) is 0 Å². The zero-order chi connectivity index (χ0) is 17.7. The van der Waals surface area contributed by atoms with Gasteiger partial charge in [-0.05, 0) is 48.0 Å². The fourth-order valence-electron chi connectivity index (χ4n) is 2.35. The van der Waals surface area contributed by atoms with E-state index in [4.69, 9.17) is 18.9 Å². The van der Waals surface area contributed by atoms with Crippen molar-refractivity contribution in [3.05, 3.63) is 0 Å². The van der Waals surface area contributed by atoms with Gasteiger partial charge in [0.15, 0.2) is 0 Å². The number of rotatable bonds is 6. The molecular formula is C16H29NO6. The molecule has 0 bridgehead atoms. The summed E-state index contributed by atoms with van der Waals surface area (Å²) in [4.78, 5) is 25.2. The van der Waals surface area contributed by atoms with Crippen LogP contribution in [0.3, 0.4) is 0 Å². The number of carbonyl (C=O) groups excluding carboxylic acids is 2. The van der Waals surface area contributed by atoms with E-state index < -0.39 is 17.4 Å². The Morgan fingerprint density at radius 2 is 1.96 bits per heavy atom. The van der Waals surface area contributed by atoms with Crippen LogP contribution in [0.4, 0.5) is 4.79 Å². The molecule has 0 aliphatic carbocycles. The fourth-order valence-corrected chi connectivity index (χ4v) is 2.35. The molecular weight excluding hydrogens is 302 g/mol. The van der Waals surface area contributed by atoms with Gasteiger partial charge in [-0.15, -0.1) is 0 Å². The summed E-state index contributed by atoms with van der Waals surface area (Å²) in [5.74, 6) is -0.389. The lowest BCUT2D eigenvalue weighted by atomic mass is 10.1. The Bertz CT molecular complexity index is 415. The third-order valence-corrected chi connectivity index (χ3v) is 3.29. The van der Waals surface area contributed by atoms with Crippen molar-refractivity contribution in [2.24, 2.45) is 0 Å². The Balaban J connectivity index is 2.53. The van der Waals surface area contributed by atoms with Crippen LogP contribution in [-0.4, -0.2) is 60.8 Å². The van der Waals surface area contributed by atoms with Gasteiger partial charge in [0.2, 0.25) is 0 Å². The SMILES string of the molecule is CCOC(=O)COCC[C@@H]1COC(C)(C)N1C(=O)OC(C)(C)C. The molecule has 0 aromatic carbocycles. The third-order valence-electron chi connectivity index (χ3n) is 3.29. The highest BCUT2D eigenvalue weighted by Crippen LogP contribution is 2.30. The van der Waals surface area contributed by atoms with Crippen LogP contribution in [0.2, 0.25) is 0 Å². The summed E-state index contributed by atoms with van der Waals surface area (Å²) in [5, 5.41) is 0. The Kier molecular flexibility index (Phi) is 6.83. The number of amides is 1. The predicted molar refractivity (Wildman–Crippen MR) is 84.0 cm³/mol. The molecule has 0 aromatic rings. The molecule has 1 atom stereocenters. The molecule has 1 aliphatic heterocycles. The molecule has 7 nitrogen and oxygen atoms in total. The van der Waals surface area contributed by atoms with E-state index in [-0.39, 0.29) is 18.6 Å². The van der Waals surface area contributed by atoms with Gasteiger partial charge in [-0.25, -0.2) is 9.59 Å². The number of carbonyl (C=O) groups is 2. The van der Waals surface area contributed by atoms with Crippen molar-refractivity contribution in [2.45, 2.75) is 65.3 Å². The van der Waals surface area contributed by atoms with Gasteiger partial charge in [-0.1, -0.05) is 0 Å². The molecule has 0 saturated carbocycles. The van der Waals surface area contributed by atoms with E-state index in [1.807, 2.05) is 34.6 Å². The van der Waals surface area contributed by atoms with E-state index in [9.17, 15) is 9.59 Å². The van der Waals surface area contributed by atoms with Crippen LogP contribution in [0.5, 0.6) is 0 Å². The van der Waals surface area contributed by atoms with Crippen LogP contribution in [-0.2, 0) is 23.7 Å². The molecule has 1 amide bonds. The molecule has 1 rings (SSSR count). The second-order valence-corrected chi connectivity index (χ2v) is 6.91. The number of ether oxygens (including phenoxy) is 4. The lowest BCUT2D eigenvalue weighted by Gasteiger charge is -2.35. The summed E-state index contributed by atoms with van der Waals surface area (Å²) in [6.07, 6.45) is 0.151. The lowest BCUT2D eigenvalue weighted by Crippen LogP contribution is -2.50. The highest BCUT2D eigenvalue weighted by atomic mass is 16.6. The largest absolute Gasteiger partial charge is 0.464 e. The summed E-state index contributed by atoms with van der Waals surface area (Å²) >= 11 is 0. The zero-order valence-corrected chi connectivity index (χ0v) is 15.0. The Morgan fingerprint density at radius 1 is 1.30 bits per heavy atom. The standard InChI is InChI=1S/C16H29NO6/c1-7-21-13(18)11-20-9-8-12-10-22-16(5,6)17(12)14(19)23-15(2,3)4/h12H,7-11H2,1-6H3/t12-/m1/s1. The van der Waals surface area contributed by atoms with Crippen molar-refractivity contribution in [1.29, 1.82) is 0 Å². The van der Waals surface area contributed by atoms with E-state index in [1.165, 1.54) is 0 Å². The number of esters is 1. The maximum Gasteiger partial charge on any atom is 0.412 e. The van der Waals surface area contributed by atoms with Crippen LogP contribution < -0.4 is 0 Å². The van der Waals surface area contributed by atoms with Gasteiger partial charge in [-0.2, -0.15) is 0 Å². The van der Waals surface area contributed by atoms with Crippen LogP contribution in [0.25, 0.3) is 0 Å². The lowest BCUT2D eigenvalue weighted by molar-refractivity contribution is -0.148. The molecule has 0 aromatic heterocycles. The molecule has 0 N–H and O–H groups in total. The highest BCUT2D eigenvalue weighted by Gasteiger charge is 2.45. The molecule has 1 aliphatic rings. The summed E-state index contributed by atoms with van der Waals surface area (Å²) in [6.45, 7) is 11.9. The van der Waals surface area contributed by atoms with Crippen molar-refractivity contribution in [3.8, 4) is 0 Å². The normalized spacial score (nSPS) is 20.4.